The average molecular weight is 312 g/mol. The summed E-state index contributed by atoms with van der Waals surface area (Å²) in [5.74, 6) is 0.424. The maximum Gasteiger partial charge on any atom is 0.254 e. The molecule has 1 atom stereocenters. The van der Waals surface area contributed by atoms with Crippen LogP contribution >= 0.6 is 0 Å². The Morgan fingerprint density at radius 2 is 1.87 bits per heavy atom. The molecule has 1 aromatic carbocycles. The highest BCUT2D eigenvalue weighted by Crippen LogP contribution is 2.04. The van der Waals surface area contributed by atoms with Gasteiger partial charge < -0.3 is 10.6 Å². The third kappa shape index (κ3) is 5.70. The molecule has 2 rings (SSSR count). The Kier molecular flexibility index (Phi) is 6.54. The molecule has 5 heteroatoms. The van der Waals surface area contributed by atoms with E-state index in [1.54, 1.807) is 12.4 Å². The molecule has 2 N–H and O–H groups in total. The van der Waals surface area contributed by atoms with E-state index in [4.69, 9.17) is 0 Å². The average Bonchev–Trinajstić information content (AvgIpc) is 2.60. The van der Waals surface area contributed by atoms with Gasteiger partial charge in [0.2, 0.25) is 5.95 Å². The molecule has 1 amide bonds. The number of carbonyl (C=O) groups excluding carboxylic acids is 1. The van der Waals surface area contributed by atoms with Crippen molar-refractivity contribution in [2.75, 3.05) is 11.9 Å². The van der Waals surface area contributed by atoms with E-state index >= 15 is 0 Å². The summed E-state index contributed by atoms with van der Waals surface area (Å²) in [5.41, 5.74) is 1.81. The van der Waals surface area contributed by atoms with Crippen LogP contribution in [0.5, 0.6) is 0 Å². The Morgan fingerprint density at radius 3 is 2.52 bits per heavy atom. The molecule has 0 spiro atoms. The number of hydrogen-bond acceptors (Lipinski definition) is 4. The molecule has 1 aromatic heterocycles. The van der Waals surface area contributed by atoms with E-state index < -0.39 is 0 Å². The summed E-state index contributed by atoms with van der Waals surface area (Å²) in [4.78, 5) is 20.3. The van der Waals surface area contributed by atoms with Gasteiger partial charge in [-0.1, -0.05) is 37.3 Å². The van der Waals surface area contributed by atoms with Gasteiger partial charge in [0.1, 0.15) is 0 Å². The van der Waals surface area contributed by atoms with Crippen molar-refractivity contribution >= 4 is 11.9 Å². The Morgan fingerprint density at radius 1 is 1.17 bits per heavy atom. The number of amides is 1. The fourth-order valence-electron chi connectivity index (χ4n) is 2.08. The maximum atomic E-state index is 11.9. The number of anilines is 1. The molecule has 2 aromatic rings. The summed E-state index contributed by atoms with van der Waals surface area (Å²) in [6, 6.07) is 10.5. The summed E-state index contributed by atoms with van der Waals surface area (Å²) in [6.45, 7) is 4.80. The van der Waals surface area contributed by atoms with Crippen LogP contribution in [0, 0.1) is 0 Å². The number of carbonyl (C=O) groups is 1. The number of rotatable bonds is 8. The summed E-state index contributed by atoms with van der Waals surface area (Å²) in [5, 5.41) is 6.08. The quantitative estimate of drug-likeness (QED) is 0.735. The van der Waals surface area contributed by atoms with Gasteiger partial charge >= 0.3 is 0 Å². The van der Waals surface area contributed by atoms with Crippen molar-refractivity contribution < 1.29 is 4.79 Å². The SMILES string of the molecule is CCC(C)NC(=O)c1cnc(NCCCc2ccccc2)nc1. The molecular weight excluding hydrogens is 288 g/mol. The molecular formula is C18H24N4O. The van der Waals surface area contributed by atoms with Crippen LogP contribution in [-0.2, 0) is 6.42 Å². The largest absolute Gasteiger partial charge is 0.354 e. The number of hydrogen-bond donors (Lipinski definition) is 2. The number of nitrogens with one attached hydrogen (secondary N) is 2. The molecule has 122 valence electrons. The molecule has 1 unspecified atom stereocenters. The molecule has 0 aliphatic heterocycles. The number of nitrogens with zero attached hydrogens (tertiary/aromatic N) is 2. The lowest BCUT2D eigenvalue weighted by Gasteiger charge is -2.11. The van der Waals surface area contributed by atoms with E-state index in [9.17, 15) is 4.79 Å². The van der Waals surface area contributed by atoms with Crippen molar-refractivity contribution in [3.05, 3.63) is 53.9 Å². The minimum Gasteiger partial charge on any atom is -0.354 e. The van der Waals surface area contributed by atoms with E-state index in [-0.39, 0.29) is 11.9 Å². The highest BCUT2D eigenvalue weighted by atomic mass is 16.1. The minimum atomic E-state index is -0.130. The Labute approximate surface area is 137 Å². The van der Waals surface area contributed by atoms with E-state index in [0.29, 0.717) is 11.5 Å². The number of benzene rings is 1. The van der Waals surface area contributed by atoms with Gasteiger partial charge in [-0.05, 0) is 31.7 Å². The van der Waals surface area contributed by atoms with Gasteiger partial charge in [-0.15, -0.1) is 0 Å². The van der Waals surface area contributed by atoms with E-state index in [1.807, 2.05) is 19.9 Å². The molecule has 1 heterocycles. The Hall–Kier alpha value is -2.43. The first-order valence-corrected chi connectivity index (χ1v) is 8.09. The zero-order valence-corrected chi connectivity index (χ0v) is 13.7. The monoisotopic (exact) mass is 312 g/mol. The molecule has 0 saturated carbocycles. The second-order valence-corrected chi connectivity index (χ2v) is 5.59. The zero-order chi connectivity index (χ0) is 16.5. The Balaban J connectivity index is 1.75. The van der Waals surface area contributed by atoms with Gasteiger partial charge in [-0.25, -0.2) is 9.97 Å². The van der Waals surface area contributed by atoms with Gasteiger partial charge in [0.15, 0.2) is 0 Å². The number of aromatic nitrogens is 2. The van der Waals surface area contributed by atoms with E-state index in [1.165, 1.54) is 5.56 Å². The zero-order valence-electron chi connectivity index (χ0n) is 13.7. The summed E-state index contributed by atoms with van der Waals surface area (Å²) >= 11 is 0. The van der Waals surface area contributed by atoms with Crippen LogP contribution in [0.1, 0.15) is 42.6 Å². The molecule has 5 nitrogen and oxygen atoms in total. The lowest BCUT2D eigenvalue weighted by Crippen LogP contribution is -2.32. The number of aryl methyl sites for hydroxylation is 1. The van der Waals surface area contributed by atoms with Crippen LogP contribution in [0.2, 0.25) is 0 Å². The normalized spacial score (nSPS) is 11.7. The first-order valence-electron chi connectivity index (χ1n) is 8.09. The van der Waals surface area contributed by atoms with Crippen LogP contribution in [0.25, 0.3) is 0 Å². The second-order valence-electron chi connectivity index (χ2n) is 5.59. The predicted octanol–water partition coefficient (Wildman–Crippen LogP) is 3.05. The van der Waals surface area contributed by atoms with Crippen molar-refractivity contribution in [1.82, 2.24) is 15.3 Å². The molecule has 0 bridgehead atoms. The second kappa shape index (κ2) is 8.88. The van der Waals surface area contributed by atoms with E-state index in [0.717, 1.165) is 25.8 Å². The first-order chi connectivity index (χ1) is 11.2. The summed E-state index contributed by atoms with van der Waals surface area (Å²) in [6.07, 6.45) is 6.04. The van der Waals surface area contributed by atoms with Gasteiger partial charge in [-0.3, -0.25) is 4.79 Å². The minimum absolute atomic E-state index is 0.130. The highest BCUT2D eigenvalue weighted by Gasteiger charge is 2.09. The van der Waals surface area contributed by atoms with Gasteiger partial charge in [-0.2, -0.15) is 0 Å². The third-order valence-corrected chi connectivity index (χ3v) is 3.67. The fourth-order valence-corrected chi connectivity index (χ4v) is 2.08. The van der Waals surface area contributed by atoms with Crippen molar-refractivity contribution in [2.45, 2.75) is 39.2 Å². The van der Waals surface area contributed by atoms with Crippen LogP contribution < -0.4 is 10.6 Å². The summed E-state index contributed by atoms with van der Waals surface area (Å²) in [7, 11) is 0. The van der Waals surface area contributed by atoms with Crippen molar-refractivity contribution in [2.24, 2.45) is 0 Å². The van der Waals surface area contributed by atoms with Crippen molar-refractivity contribution in [1.29, 1.82) is 0 Å². The first kappa shape index (κ1) is 16.9. The van der Waals surface area contributed by atoms with Crippen LogP contribution in [0.15, 0.2) is 42.7 Å². The van der Waals surface area contributed by atoms with Gasteiger partial charge in [0.25, 0.3) is 5.91 Å². The predicted molar refractivity (Wildman–Crippen MR) is 92.5 cm³/mol. The summed E-state index contributed by atoms with van der Waals surface area (Å²) < 4.78 is 0. The van der Waals surface area contributed by atoms with Crippen LogP contribution in [0.3, 0.4) is 0 Å². The standard InChI is InChI=1S/C18H24N4O/c1-3-14(2)22-17(23)16-12-20-18(21-13-16)19-11-7-10-15-8-5-4-6-9-15/h4-6,8-9,12-14H,3,7,10-11H2,1-2H3,(H,22,23)(H,19,20,21). The lowest BCUT2D eigenvalue weighted by atomic mass is 10.1. The topological polar surface area (TPSA) is 66.9 Å². The third-order valence-electron chi connectivity index (χ3n) is 3.67. The molecule has 0 aliphatic rings. The molecule has 0 aliphatic carbocycles. The lowest BCUT2D eigenvalue weighted by molar-refractivity contribution is 0.0938. The van der Waals surface area contributed by atoms with Crippen molar-refractivity contribution in [3.63, 3.8) is 0 Å². The van der Waals surface area contributed by atoms with Gasteiger partial charge in [0.05, 0.1) is 5.56 Å². The van der Waals surface area contributed by atoms with Crippen LogP contribution in [-0.4, -0.2) is 28.5 Å². The smallest absolute Gasteiger partial charge is 0.254 e. The van der Waals surface area contributed by atoms with E-state index in [2.05, 4.69) is 44.9 Å². The maximum absolute atomic E-state index is 11.9. The molecule has 0 radical (unpaired) electrons. The van der Waals surface area contributed by atoms with Gasteiger partial charge in [0, 0.05) is 25.0 Å². The molecule has 23 heavy (non-hydrogen) atoms. The van der Waals surface area contributed by atoms with Crippen molar-refractivity contribution in [3.8, 4) is 0 Å². The fraction of sp³-hybridized carbons (Fsp3) is 0.389. The molecule has 0 saturated heterocycles. The molecule has 0 fully saturated rings. The Bertz CT molecular complexity index is 598. The highest BCUT2D eigenvalue weighted by molar-refractivity contribution is 5.93. The van der Waals surface area contributed by atoms with Crippen LogP contribution in [0.4, 0.5) is 5.95 Å².